The van der Waals surface area contributed by atoms with E-state index in [4.69, 9.17) is 14.2 Å². The fourth-order valence-corrected chi connectivity index (χ4v) is 2.53. The summed E-state index contributed by atoms with van der Waals surface area (Å²) in [7, 11) is 4.76. The number of guanidine groups is 1. The summed E-state index contributed by atoms with van der Waals surface area (Å²) < 4.78 is 51.8. The lowest BCUT2D eigenvalue weighted by molar-refractivity contribution is -0.176. The van der Waals surface area contributed by atoms with E-state index >= 15 is 0 Å². The van der Waals surface area contributed by atoms with E-state index < -0.39 is 12.8 Å². The third kappa shape index (κ3) is 8.66. The number of hydrogen-bond donors (Lipinski definition) is 2. The van der Waals surface area contributed by atoms with Crippen LogP contribution in [0, 0.1) is 0 Å². The summed E-state index contributed by atoms with van der Waals surface area (Å²) in [4.78, 5) is 4.17. The molecule has 2 N–H and O–H groups in total. The summed E-state index contributed by atoms with van der Waals surface area (Å²) in [6.07, 6.45) is -4.33. The standard InChI is InChI=1S/C20H24F3N3O3.HI/c1-24-19(26-16-7-8-17(27-2)18(10-16)28-3)25-11-14-5-4-6-15(9-14)12-29-13-20(21,22)23;/h4-10H,11-13H2,1-3H3,(H2,24,25,26);1H. The molecule has 166 valence electrons. The molecule has 2 rings (SSSR count). The molecule has 0 aliphatic rings. The van der Waals surface area contributed by atoms with Crippen LogP contribution < -0.4 is 20.1 Å². The highest BCUT2D eigenvalue weighted by molar-refractivity contribution is 14.0. The van der Waals surface area contributed by atoms with Gasteiger partial charge in [0.1, 0.15) is 6.61 Å². The van der Waals surface area contributed by atoms with Gasteiger partial charge in [0.05, 0.1) is 20.8 Å². The van der Waals surface area contributed by atoms with E-state index in [-0.39, 0.29) is 30.6 Å². The first-order valence-electron chi connectivity index (χ1n) is 8.76. The van der Waals surface area contributed by atoms with Crippen LogP contribution in [0.2, 0.25) is 0 Å². The molecule has 0 unspecified atom stereocenters. The average molecular weight is 539 g/mol. The predicted octanol–water partition coefficient (Wildman–Crippen LogP) is 4.59. The molecule has 6 nitrogen and oxygen atoms in total. The summed E-state index contributed by atoms with van der Waals surface area (Å²) >= 11 is 0. The zero-order chi connectivity index (χ0) is 21.3. The molecule has 0 saturated carbocycles. The topological polar surface area (TPSA) is 64.1 Å². The van der Waals surface area contributed by atoms with Gasteiger partial charge in [0.2, 0.25) is 0 Å². The molecule has 2 aromatic rings. The van der Waals surface area contributed by atoms with Gasteiger partial charge in [-0.3, -0.25) is 4.99 Å². The molecule has 0 heterocycles. The van der Waals surface area contributed by atoms with E-state index in [2.05, 4.69) is 15.6 Å². The quantitative estimate of drug-likeness (QED) is 0.292. The fraction of sp³-hybridized carbons (Fsp3) is 0.350. The molecule has 10 heteroatoms. The van der Waals surface area contributed by atoms with Gasteiger partial charge in [-0.05, 0) is 23.3 Å². The first-order chi connectivity index (χ1) is 13.8. The van der Waals surface area contributed by atoms with Crippen molar-refractivity contribution in [2.75, 3.05) is 33.2 Å². The Morgan fingerprint density at radius 1 is 1.00 bits per heavy atom. The van der Waals surface area contributed by atoms with E-state index in [1.54, 1.807) is 51.6 Å². The van der Waals surface area contributed by atoms with Gasteiger partial charge in [0.25, 0.3) is 0 Å². The van der Waals surface area contributed by atoms with E-state index in [0.29, 0.717) is 29.6 Å². The minimum atomic E-state index is -4.33. The number of nitrogens with zero attached hydrogens (tertiary/aromatic N) is 1. The molecule has 0 amide bonds. The second kappa shape index (κ2) is 12.5. The summed E-state index contributed by atoms with van der Waals surface area (Å²) in [5.41, 5.74) is 2.30. The molecule has 0 spiro atoms. The van der Waals surface area contributed by atoms with Gasteiger partial charge in [-0.2, -0.15) is 13.2 Å². The van der Waals surface area contributed by atoms with Gasteiger partial charge in [0.15, 0.2) is 17.5 Å². The lowest BCUT2D eigenvalue weighted by atomic mass is 10.1. The van der Waals surface area contributed by atoms with E-state index in [9.17, 15) is 13.2 Å². The highest BCUT2D eigenvalue weighted by Gasteiger charge is 2.27. The van der Waals surface area contributed by atoms with Crippen LogP contribution in [0.25, 0.3) is 0 Å². The van der Waals surface area contributed by atoms with Crippen LogP contribution in [0.3, 0.4) is 0 Å². The minimum Gasteiger partial charge on any atom is -0.493 e. The van der Waals surface area contributed by atoms with Crippen LogP contribution in [-0.4, -0.2) is 40.0 Å². The highest BCUT2D eigenvalue weighted by atomic mass is 127. The van der Waals surface area contributed by atoms with Crippen molar-refractivity contribution >= 4 is 35.6 Å². The van der Waals surface area contributed by atoms with Crippen molar-refractivity contribution in [3.05, 3.63) is 53.6 Å². The molecule has 0 radical (unpaired) electrons. The summed E-state index contributed by atoms with van der Waals surface area (Å²) in [5, 5.41) is 6.30. The maximum absolute atomic E-state index is 12.2. The number of alkyl halides is 3. The van der Waals surface area contributed by atoms with Crippen LogP contribution in [0.15, 0.2) is 47.5 Å². The van der Waals surface area contributed by atoms with Crippen LogP contribution in [0.1, 0.15) is 11.1 Å². The van der Waals surface area contributed by atoms with Crippen LogP contribution >= 0.6 is 24.0 Å². The fourth-order valence-electron chi connectivity index (χ4n) is 2.53. The Morgan fingerprint density at radius 2 is 1.70 bits per heavy atom. The zero-order valence-electron chi connectivity index (χ0n) is 16.9. The molecule has 30 heavy (non-hydrogen) atoms. The first-order valence-corrected chi connectivity index (χ1v) is 8.76. The second-order valence-corrected chi connectivity index (χ2v) is 6.05. The van der Waals surface area contributed by atoms with E-state index in [1.165, 1.54) is 0 Å². The Kier molecular flexibility index (Phi) is 10.7. The molecule has 0 aliphatic heterocycles. The number of nitrogens with one attached hydrogen (secondary N) is 2. The lowest BCUT2D eigenvalue weighted by Gasteiger charge is -2.14. The van der Waals surface area contributed by atoms with Crippen molar-refractivity contribution in [2.45, 2.75) is 19.3 Å². The maximum atomic E-state index is 12.2. The Labute approximate surface area is 190 Å². The Bertz CT molecular complexity index is 832. The Hall–Kier alpha value is -2.21. The summed E-state index contributed by atoms with van der Waals surface area (Å²) in [6.45, 7) is -0.941. The normalized spacial score (nSPS) is 11.5. The lowest BCUT2D eigenvalue weighted by Crippen LogP contribution is -2.30. The molecular weight excluding hydrogens is 514 g/mol. The van der Waals surface area contributed by atoms with Crippen molar-refractivity contribution in [1.82, 2.24) is 5.32 Å². The van der Waals surface area contributed by atoms with Gasteiger partial charge in [-0.25, -0.2) is 0 Å². The number of halogens is 4. The molecule has 2 aromatic carbocycles. The maximum Gasteiger partial charge on any atom is 0.411 e. The number of rotatable bonds is 8. The number of methoxy groups -OCH3 is 2. The van der Waals surface area contributed by atoms with Crippen molar-refractivity contribution in [2.24, 2.45) is 4.99 Å². The van der Waals surface area contributed by atoms with Gasteiger partial charge >= 0.3 is 6.18 Å². The van der Waals surface area contributed by atoms with Crippen molar-refractivity contribution in [3.63, 3.8) is 0 Å². The van der Waals surface area contributed by atoms with E-state index in [0.717, 1.165) is 11.3 Å². The third-order valence-electron chi connectivity index (χ3n) is 3.86. The van der Waals surface area contributed by atoms with Gasteiger partial charge < -0.3 is 24.8 Å². The summed E-state index contributed by atoms with van der Waals surface area (Å²) in [6, 6.07) is 12.5. The molecule has 0 saturated heterocycles. The van der Waals surface area contributed by atoms with Crippen LogP contribution in [0.4, 0.5) is 18.9 Å². The minimum absolute atomic E-state index is 0. The van der Waals surface area contributed by atoms with E-state index in [1.807, 2.05) is 12.1 Å². The second-order valence-electron chi connectivity index (χ2n) is 6.05. The Balaban J connectivity index is 0.00000450. The van der Waals surface area contributed by atoms with Crippen LogP contribution in [0.5, 0.6) is 11.5 Å². The molecule has 0 bridgehead atoms. The highest BCUT2D eigenvalue weighted by Crippen LogP contribution is 2.29. The number of benzene rings is 2. The monoisotopic (exact) mass is 539 g/mol. The Morgan fingerprint density at radius 3 is 2.33 bits per heavy atom. The number of ether oxygens (including phenoxy) is 3. The largest absolute Gasteiger partial charge is 0.493 e. The van der Waals surface area contributed by atoms with Crippen LogP contribution in [-0.2, 0) is 17.9 Å². The third-order valence-corrected chi connectivity index (χ3v) is 3.86. The predicted molar refractivity (Wildman–Crippen MR) is 121 cm³/mol. The van der Waals surface area contributed by atoms with Crippen molar-refractivity contribution in [3.8, 4) is 11.5 Å². The smallest absolute Gasteiger partial charge is 0.411 e. The van der Waals surface area contributed by atoms with Gasteiger partial charge in [0, 0.05) is 25.3 Å². The van der Waals surface area contributed by atoms with Gasteiger partial charge in [-0.15, -0.1) is 24.0 Å². The average Bonchev–Trinajstić information content (AvgIpc) is 2.70. The molecule has 0 atom stereocenters. The summed E-state index contributed by atoms with van der Waals surface area (Å²) in [5.74, 6) is 1.72. The SMILES string of the molecule is CN=C(NCc1cccc(COCC(F)(F)F)c1)Nc1ccc(OC)c(OC)c1.I. The van der Waals surface area contributed by atoms with Crippen molar-refractivity contribution in [1.29, 1.82) is 0 Å². The molecule has 0 aromatic heterocycles. The molecule has 0 aliphatic carbocycles. The zero-order valence-corrected chi connectivity index (χ0v) is 19.2. The number of aliphatic imine (C=N–C) groups is 1. The van der Waals surface area contributed by atoms with Gasteiger partial charge in [-0.1, -0.05) is 24.3 Å². The first kappa shape index (κ1) is 25.8. The number of hydrogen-bond acceptors (Lipinski definition) is 4. The molecular formula is C20H25F3IN3O3. The van der Waals surface area contributed by atoms with Crippen molar-refractivity contribution < 1.29 is 27.4 Å². The number of anilines is 1. The molecule has 0 fully saturated rings.